The van der Waals surface area contributed by atoms with Crippen molar-refractivity contribution in [2.45, 2.75) is 25.3 Å². The summed E-state index contributed by atoms with van der Waals surface area (Å²) in [5.74, 6) is 2.05. The van der Waals surface area contributed by atoms with E-state index < -0.39 is 0 Å². The normalized spacial score (nSPS) is 17.8. The Kier molecular flexibility index (Phi) is 4.30. The van der Waals surface area contributed by atoms with Crippen LogP contribution in [-0.4, -0.2) is 36.3 Å². The van der Waals surface area contributed by atoms with Crippen LogP contribution in [0.5, 0.6) is 0 Å². The zero-order valence-electron chi connectivity index (χ0n) is 13.5. The van der Waals surface area contributed by atoms with E-state index in [1.807, 2.05) is 23.1 Å². The highest BCUT2D eigenvalue weighted by molar-refractivity contribution is 5.50. The molecule has 126 valence electrons. The summed E-state index contributed by atoms with van der Waals surface area (Å²) in [7, 11) is 0. The topological polar surface area (TPSA) is 50.3 Å². The molecule has 1 saturated carbocycles. The van der Waals surface area contributed by atoms with Gasteiger partial charge in [-0.15, -0.1) is 0 Å². The van der Waals surface area contributed by atoms with Crippen molar-refractivity contribution in [2.75, 3.05) is 36.5 Å². The molecule has 1 aromatic carbocycles. The molecule has 6 heteroatoms. The van der Waals surface area contributed by atoms with Crippen LogP contribution in [0.4, 0.5) is 15.9 Å². The van der Waals surface area contributed by atoms with Gasteiger partial charge in [0.2, 0.25) is 0 Å². The van der Waals surface area contributed by atoms with E-state index in [1.54, 1.807) is 12.3 Å². The van der Waals surface area contributed by atoms with Gasteiger partial charge in [-0.25, -0.2) is 14.4 Å². The SMILES string of the molecule is Fc1cc(CNc2ccnc(C3CC3)n2)ccc1N1CCOCC1. The second kappa shape index (κ2) is 6.73. The Balaban J connectivity index is 1.41. The molecule has 1 aliphatic carbocycles. The van der Waals surface area contributed by atoms with Crippen LogP contribution in [0.25, 0.3) is 0 Å². The summed E-state index contributed by atoms with van der Waals surface area (Å²) in [4.78, 5) is 10.9. The molecule has 5 nitrogen and oxygen atoms in total. The van der Waals surface area contributed by atoms with Crippen LogP contribution in [-0.2, 0) is 11.3 Å². The number of hydrogen-bond donors (Lipinski definition) is 1. The van der Waals surface area contributed by atoms with Gasteiger partial charge in [-0.3, -0.25) is 0 Å². The first-order valence-corrected chi connectivity index (χ1v) is 8.47. The van der Waals surface area contributed by atoms with E-state index in [-0.39, 0.29) is 5.82 Å². The molecule has 2 fully saturated rings. The monoisotopic (exact) mass is 328 g/mol. The lowest BCUT2D eigenvalue weighted by Crippen LogP contribution is -2.36. The van der Waals surface area contributed by atoms with Crippen molar-refractivity contribution in [1.29, 1.82) is 0 Å². The number of nitrogens with one attached hydrogen (secondary N) is 1. The quantitative estimate of drug-likeness (QED) is 0.914. The summed E-state index contributed by atoms with van der Waals surface area (Å²) < 4.78 is 19.7. The molecular formula is C18H21FN4O. The maximum absolute atomic E-state index is 14.4. The third kappa shape index (κ3) is 3.48. The summed E-state index contributed by atoms with van der Waals surface area (Å²) >= 11 is 0. The smallest absolute Gasteiger partial charge is 0.146 e. The minimum Gasteiger partial charge on any atom is -0.378 e. The van der Waals surface area contributed by atoms with Gasteiger partial charge < -0.3 is 15.0 Å². The molecule has 0 atom stereocenters. The summed E-state index contributed by atoms with van der Waals surface area (Å²) in [5, 5.41) is 3.26. The standard InChI is InChI=1S/C18H21FN4O/c19-15-11-13(1-4-16(15)23-7-9-24-10-8-23)12-21-17-5-6-20-18(22-17)14-2-3-14/h1,4-6,11,14H,2-3,7-10,12H2,(H,20,21,22). The number of nitrogens with zero attached hydrogens (tertiary/aromatic N) is 3. The van der Waals surface area contributed by atoms with Gasteiger partial charge in [0.25, 0.3) is 0 Å². The molecule has 0 radical (unpaired) electrons. The Morgan fingerprint density at radius 3 is 2.79 bits per heavy atom. The predicted molar refractivity (Wildman–Crippen MR) is 90.8 cm³/mol. The van der Waals surface area contributed by atoms with Gasteiger partial charge in [0, 0.05) is 31.7 Å². The summed E-state index contributed by atoms with van der Waals surface area (Å²) in [6.45, 7) is 3.32. The first-order chi connectivity index (χ1) is 11.8. The van der Waals surface area contributed by atoms with Gasteiger partial charge in [-0.05, 0) is 36.6 Å². The van der Waals surface area contributed by atoms with Crippen molar-refractivity contribution >= 4 is 11.5 Å². The molecule has 0 spiro atoms. The summed E-state index contributed by atoms with van der Waals surface area (Å²) in [6, 6.07) is 7.27. The van der Waals surface area contributed by atoms with Crippen molar-refractivity contribution < 1.29 is 9.13 Å². The highest BCUT2D eigenvalue weighted by Gasteiger charge is 2.26. The van der Waals surface area contributed by atoms with Gasteiger partial charge in [0.15, 0.2) is 0 Å². The number of hydrogen-bond acceptors (Lipinski definition) is 5. The van der Waals surface area contributed by atoms with Crippen molar-refractivity contribution in [3.63, 3.8) is 0 Å². The molecule has 2 heterocycles. The fourth-order valence-electron chi connectivity index (χ4n) is 2.92. The van der Waals surface area contributed by atoms with Gasteiger partial charge in [-0.2, -0.15) is 0 Å². The predicted octanol–water partition coefficient (Wildman–Crippen LogP) is 2.94. The maximum Gasteiger partial charge on any atom is 0.146 e. The molecule has 2 aliphatic rings. The van der Waals surface area contributed by atoms with E-state index in [2.05, 4.69) is 15.3 Å². The molecule has 1 N–H and O–H groups in total. The minimum absolute atomic E-state index is 0.183. The molecule has 0 unspecified atom stereocenters. The van der Waals surface area contributed by atoms with Crippen LogP contribution in [0.2, 0.25) is 0 Å². The number of rotatable bonds is 5. The molecular weight excluding hydrogens is 307 g/mol. The number of halogens is 1. The Morgan fingerprint density at radius 1 is 1.21 bits per heavy atom. The fourth-order valence-corrected chi connectivity index (χ4v) is 2.92. The Bertz CT molecular complexity index is 714. The first-order valence-electron chi connectivity index (χ1n) is 8.47. The van der Waals surface area contributed by atoms with Crippen LogP contribution in [0.3, 0.4) is 0 Å². The first kappa shape index (κ1) is 15.3. The average Bonchev–Trinajstić information content (AvgIpc) is 3.46. The largest absolute Gasteiger partial charge is 0.378 e. The van der Waals surface area contributed by atoms with E-state index in [4.69, 9.17) is 4.74 Å². The molecule has 1 aliphatic heterocycles. The van der Waals surface area contributed by atoms with E-state index in [9.17, 15) is 4.39 Å². The fraction of sp³-hybridized carbons (Fsp3) is 0.444. The van der Waals surface area contributed by atoms with Crippen molar-refractivity contribution in [3.8, 4) is 0 Å². The zero-order chi connectivity index (χ0) is 16.4. The van der Waals surface area contributed by atoms with Gasteiger partial charge in [0.05, 0.1) is 18.9 Å². The van der Waals surface area contributed by atoms with Crippen LogP contribution in [0.15, 0.2) is 30.5 Å². The van der Waals surface area contributed by atoms with Crippen LogP contribution in [0, 0.1) is 5.82 Å². The number of benzene rings is 1. The van der Waals surface area contributed by atoms with Crippen LogP contribution in [0.1, 0.15) is 30.1 Å². The number of morpholine rings is 1. The van der Waals surface area contributed by atoms with Gasteiger partial charge in [-0.1, -0.05) is 6.07 Å². The Hall–Kier alpha value is -2.21. The third-order valence-corrected chi connectivity index (χ3v) is 4.45. The molecule has 1 aromatic heterocycles. The van der Waals surface area contributed by atoms with E-state index >= 15 is 0 Å². The lowest BCUT2D eigenvalue weighted by atomic mass is 10.1. The van der Waals surface area contributed by atoms with Crippen molar-refractivity contribution in [1.82, 2.24) is 9.97 Å². The lowest BCUT2D eigenvalue weighted by Gasteiger charge is -2.29. The summed E-state index contributed by atoms with van der Waals surface area (Å²) in [6.07, 6.45) is 4.14. The molecule has 0 amide bonds. The average molecular weight is 328 g/mol. The number of anilines is 2. The second-order valence-corrected chi connectivity index (χ2v) is 6.31. The summed E-state index contributed by atoms with van der Waals surface area (Å²) in [5.41, 5.74) is 1.55. The number of aromatic nitrogens is 2. The maximum atomic E-state index is 14.4. The molecule has 4 rings (SSSR count). The van der Waals surface area contributed by atoms with E-state index in [1.165, 1.54) is 12.8 Å². The number of ether oxygens (including phenoxy) is 1. The Morgan fingerprint density at radius 2 is 2.04 bits per heavy atom. The molecule has 1 saturated heterocycles. The highest BCUT2D eigenvalue weighted by Crippen LogP contribution is 2.38. The van der Waals surface area contributed by atoms with Gasteiger partial charge in [0.1, 0.15) is 17.5 Å². The third-order valence-electron chi connectivity index (χ3n) is 4.45. The second-order valence-electron chi connectivity index (χ2n) is 6.31. The highest BCUT2D eigenvalue weighted by atomic mass is 19.1. The van der Waals surface area contributed by atoms with Crippen LogP contribution < -0.4 is 10.2 Å². The molecule has 24 heavy (non-hydrogen) atoms. The Labute approximate surface area is 140 Å². The van der Waals surface area contributed by atoms with Crippen molar-refractivity contribution in [3.05, 3.63) is 47.7 Å². The van der Waals surface area contributed by atoms with E-state index in [0.717, 1.165) is 30.3 Å². The van der Waals surface area contributed by atoms with Crippen molar-refractivity contribution in [2.24, 2.45) is 0 Å². The van der Waals surface area contributed by atoms with Gasteiger partial charge >= 0.3 is 0 Å². The zero-order valence-corrected chi connectivity index (χ0v) is 13.5. The minimum atomic E-state index is -0.183. The lowest BCUT2D eigenvalue weighted by molar-refractivity contribution is 0.122. The van der Waals surface area contributed by atoms with E-state index in [0.29, 0.717) is 31.4 Å². The van der Waals surface area contributed by atoms with Crippen LogP contribution >= 0.6 is 0 Å². The molecule has 2 aromatic rings. The molecule has 0 bridgehead atoms.